The van der Waals surface area contributed by atoms with Crippen LogP contribution >= 0.6 is 0 Å². The highest BCUT2D eigenvalue weighted by Gasteiger charge is 2.35. The summed E-state index contributed by atoms with van der Waals surface area (Å²) in [6, 6.07) is 8.28. The monoisotopic (exact) mass is 412 g/mol. The number of benzene rings is 1. The van der Waals surface area contributed by atoms with Crippen molar-refractivity contribution in [3.8, 4) is 0 Å². The molecular formula is C22H24N2O6. The molecule has 1 aliphatic rings. The van der Waals surface area contributed by atoms with Gasteiger partial charge in [-0.25, -0.2) is 0 Å². The first kappa shape index (κ1) is 21.4. The van der Waals surface area contributed by atoms with Crippen LogP contribution in [-0.2, 0) is 20.8 Å². The van der Waals surface area contributed by atoms with E-state index in [-0.39, 0.29) is 18.7 Å². The smallest absolute Gasteiger partial charge is 0.308 e. The lowest BCUT2D eigenvalue weighted by Gasteiger charge is -2.13. The van der Waals surface area contributed by atoms with Gasteiger partial charge in [-0.05, 0) is 32.0 Å². The predicted octanol–water partition coefficient (Wildman–Crippen LogP) is 2.16. The van der Waals surface area contributed by atoms with Gasteiger partial charge in [0.1, 0.15) is 0 Å². The van der Waals surface area contributed by atoms with Crippen LogP contribution in [0.5, 0.6) is 0 Å². The number of aromatic nitrogens is 1. The van der Waals surface area contributed by atoms with Gasteiger partial charge in [0.25, 0.3) is 11.8 Å². The van der Waals surface area contributed by atoms with E-state index in [0.29, 0.717) is 29.8 Å². The number of rotatable bonds is 9. The zero-order valence-corrected chi connectivity index (χ0v) is 17.3. The van der Waals surface area contributed by atoms with Crippen molar-refractivity contribution in [2.45, 2.75) is 26.8 Å². The van der Waals surface area contributed by atoms with Gasteiger partial charge in [0, 0.05) is 37.2 Å². The highest BCUT2D eigenvalue weighted by atomic mass is 16.5. The van der Waals surface area contributed by atoms with E-state index in [1.807, 2.05) is 18.4 Å². The Bertz CT molecular complexity index is 972. The number of hydrogen-bond acceptors (Lipinski definition) is 6. The Kier molecular flexibility index (Phi) is 6.47. The fourth-order valence-electron chi connectivity index (χ4n) is 3.55. The van der Waals surface area contributed by atoms with Gasteiger partial charge in [-0.15, -0.1) is 0 Å². The number of carbonyl (C=O) groups is 4. The first-order chi connectivity index (χ1) is 14.3. The number of fused-ring (bicyclic) bond motifs is 1. The number of ether oxygens (including phenoxy) is 2. The van der Waals surface area contributed by atoms with E-state index < -0.39 is 24.4 Å². The Balaban J connectivity index is 1.53. The molecule has 1 aromatic heterocycles. The number of amides is 2. The number of imide groups is 1. The summed E-state index contributed by atoms with van der Waals surface area (Å²) in [6.07, 6.45) is -0.175. The Hall–Kier alpha value is -3.26. The van der Waals surface area contributed by atoms with Crippen LogP contribution < -0.4 is 0 Å². The molecule has 1 aromatic carbocycles. The minimum atomic E-state index is -0.645. The van der Waals surface area contributed by atoms with E-state index >= 15 is 0 Å². The second-order valence-electron chi connectivity index (χ2n) is 7.07. The lowest BCUT2D eigenvalue weighted by Crippen LogP contribution is -2.32. The van der Waals surface area contributed by atoms with Crippen LogP contribution in [0.3, 0.4) is 0 Å². The Morgan fingerprint density at radius 2 is 1.63 bits per heavy atom. The standard InChI is InChI=1S/C22H24N2O6/c1-14-12-18(15(2)23(14)10-11-29-3)19(25)13-30-20(26)8-9-24-21(27)16-6-4-5-7-17(16)22(24)28/h4-7,12H,8-11,13H2,1-3H3. The van der Waals surface area contributed by atoms with Gasteiger partial charge in [-0.2, -0.15) is 0 Å². The first-order valence-corrected chi connectivity index (χ1v) is 9.64. The molecule has 8 nitrogen and oxygen atoms in total. The molecule has 0 fully saturated rings. The van der Waals surface area contributed by atoms with Crippen molar-refractivity contribution in [3.05, 3.63) is 58.4 Å². The minimum absolute atomic E-state index is 0.0924. The molecule has 0 atom stereocenters. The van der Waals surface area contributed by atoms with Crippen LogP contribution in [0.1, 0.15) is 48.9 Å². The fraction of sp³-hybridized carbons (Fsp3) is 0.364. The Morgan fingerprint density at radius 1 is 1.00 bits per heavy atom. The average Bonchev–Trinajstić information content (AvgIpc) is 3.16. The summed E-state index contributed by atoms with van der Waals surface area (Å²) < 4.78 is 12.1. The second kappa shape index (κ2) is 9.04. The van der Waals surface area contributed by atoms with Crippen molar-refractivity contribution in [2.75, 3.05) is 26.9 Å². The number of nitrogens with zero attached hydrogens (tertiary/aromatic N) is 2. The summed E-state index contributed by atoms with van der Waals surface area (Å²) in [7, 11) is 1.61. The third kappa shape index (κ3) is 4.18. The number of ketones is 1. The number of methoxy groups -OCH3 is 1. The van der Waals surface area contributed by atoms with Crippen molar-refractivity contribution < 1.29 is 28.7 Å². The van der Waals surface area contributed by atoms with E-state index in [4.69, 9.17) is 9.47 Å². The molecule has 2 amide bonds. The molecule has 0 radical (unpaired) electrons. The predicted molar refractivity (Wildman–Crippen MR) is 107 cm³/mol. The van der Waals surface area contributed by atoms with Crippen molar-refractivity contribution >= 4 is 23.6 Å². The van der Waals surface area contributed by atoms with Crippen molar-refractivity contribution in [1.82, 2.24) is 9.47 Å². The summed E-state index contributed by atoms with van der Waals surface area (Å²) in [5.74, 6) is -1.81. The minimum Gasteiger partial charge on any atom is -0.457 e. The summed E-state index contributed by atoms with van der Waals surface area (Å²) in [5.41, 5.74) is 2.86. The van der Waals surface area contributed by atoms with Gasteiger partial charge in [0.2, 0.25) is 5.78 Å². The summed E-state index contributed by atoms with van der Waals surface area (Å²) in [6.45, 7) is 4.40. The number of Topliss-reactive ketones (excluding diaryl/α,β-unsaturated/α-hetero) is 1. The van der Waals surface area contributed by atoms with E-state index in [9.17, 15) is 19.2 Å². The summed E-state index contributed by atoms with van der Waals surface area (Å²) in [5, 5.41) is 0. The van der Waals surface area contributed by atoms with E-state index in [1.54, 1.807) is 37.4 Å². The molecule has 0 unspecified atom stereocenters. The Labute approximate surface area is 174 Å². The number of esters is 1. The zero-order valence-electron chi connectivity index (χ0n) is 17.3. The van der Waals surface area contributed by atoms with Crippen LogP contribution in [0, 0.1) is 13.8 Å². The largest absolute Gasteiger partial charge is 0.457 e. The third-order valence-electron chi connectivity index (χ3n) is 5.18. The van der Waals surface area contributed by atoms with E-state index in [1.165, 1.54) is 0 Å². The molecule has 0 saturated carbocycles. The maximum atomic E-state index is 12.5. The summed E-state index contributed by atoms with van der Waals surface area (Å²) >= 11 is 0. The normalized spacial score (nSPS) is 13.0. The molecule has 0 aliphatic carbocycles. The van der Waals surface area contributed by atoms with Gasteiger partial charge >= 0.3 is 5.97 Å². The van der Waals surface area contributed by atoms with Crippen LogP contribution in [0.25, 0.3) is 0 Å². The molecule has 1 aliphatic heterocycles. The quantitative estimate of drug-likeness (QED) is 0.356. The van der Waals surface area contributed by atoms with Gasteiger partial charge < -0.3 is 14.0 Å². The molecule has 2 heterocycles. The molecule has 0 N–H and O–H groups in total. The van der Waals surface area contributed by atoms with E-state index in [0.717, 1.165) is 16.3 Å². The molecule has 8 heteroatoms. The molecule has 2 aromatic rings. The molecule has 0 bridgehead atoms. The SMILES string of the molecule is COCCn1c(C)cc(C(=O)COC(=O)CCN2C(=O)c3ccccc3C2=O)c1C. The number of aryl methyl sites for hydroxylation is 1. The molecular weight excluding hydrogens is 388 g/mol. The fourth-order valence-corrected chi connectivity index (χ4v) is 3.55. The van der Waals surface area contributed by atoms with Crippen LogP contribution in [0.2, 0.25) is 0 Å². The van der Waals surface area contributed by atoms with E-state index in [2.05, 4.69) is 0 Å². The van der Waals surface area contributed by atoms with Gasteiger partial charge in [0.05, 0.1) is 24.2 Å². The maximum absolute atomic E-state index is 12.5. The maximum Gasteiger partial charge on any atom is 0.308 e. The average molecular weight is 412 g/mol. The number of hydrogen-bond donors (Lipinski definition) is 0. The third-order valence-corrected chi connectivity index (χ3v) is 5.18. The van der Waals surface area contributed by atoms with Crippen molar-refractivity contribution in [3.63, 3.8) is 0 Å². The zero-order chi connectivity index (χ0) is 21.8. The highest BCUT2D eigenvalue weighted by molar-refractivity contribution is 6.21. The van der Waals surface area contributed by atoms with Crippen LogP contribution in [0.15, 0.2) is 30.3 Å². The molecule has 30 heavy (non-hydrogen) atoms. The number of carbonyl (C=O) groups excluding carboxylic acids is 4. The van der Waals surface area contributed by atoms with Crippen molar-refractivity contribution in [2.24, 2.45) is 0 Å². The van der Waals surface area contributed by atoms with Gasteiger partial charge in [-0.3, -0.25) is 24.1 Å². The Morgan fingerprint density at radius 3 is 2.23 bits per heavy atom. The molecule has 0 saturated heterocycles. The first-order valence-electron chi connectivity index (χ1n) is 9.64. The molecule has 3 rings (SSSR count). The second-order valence-corrected chi connectivity index (χ2v) is 7.07. The van der Waals surface area contributed by atoms with Gasteiger partial charge in [0.15, 0.2) is 6.61 Å². The van der Waals surface area contributed by atoms with Crippen LogP contribution in [-0.4, -0.2) is 59.9 Å². The van der Waals surface area contributed by atoms with Crippen molar-refractivity contribution in [1.29, 1.82) is 0 Å². The highest BCUT2D eigenvalue weighted by Crippen LogP contribution is 2.22. The molecule has 0 spiro atoms. The lowest BCUT2D eigenvalue weighted by molar-refractivity contribution is -0.142. The van der Waals surface area contributed by atoms with Gasteiger partial charge in [-0.1, -0.05) is 12.1 Å². The molecule has 158 valence electrons. The topological polar surface area (TPSA) is 94.9 Å². The summed E-state index contributed by atoms with van der Waals surface area (Å²) in [4.78, 5) is 50.2. The van der Waals surface area contributed by atoms with Crippen LogP contribution in [0.4, 0.5) is 0 Å². The lowest BCUT2D eigenvalue weighted by atomic mass is 10.1.